The number of halogens is 1. The van der Waals surface area contributed by atoms with Crippen LogP contribution in [0, 0.1) is 0 Å². The zero-order chi connectivity index (χ0) is 19.3. The fourth-order valence-electron chi connectivity index (χ4n) is 4.22. The third-order valence-corrected chi connectivity index (χ3v) is 5.86. The van der Waals surface area contributed by atoms with Crippen LogP contribution in [0.25, 0.3) is 11.4 Å². The molecule has 2 bridgehead atoms. The van der Waals surface area contributed by atoms with Crippen molar-refractivity contribution in [1.29, 1.82) is 0 Å². The van der Waals surface area contributed by atoms with Crippen molar-refractivity contribution in [2.45, 2.75) is 18.5 Å². The van der Waals surface area contributed by atoms with Crippen molar-refractivity contribution in [3.8, 4) is 11.4 Å². The summed E-state index contributed by atoms with van der Waals surface area (Å²) in [7, 11) is 1.78. The minimum absolute atomic E-state index is 0.0871. The van der Waals surface area contributed by atoms with E-state index in [4.69, 9.17) is 16.6 Å². The number of benzene rings is 1. The van der Waals surface area contributed by atoms with Gasteiger partial charge in [0.05, 0.1) is 17.4 Å². The molecule has 7 nitrogen and oxygen atoms in total. The number of fused-ring (bicyclic) bond motifs is 2. The fraction of sp³-hybridized carbons (Fsp3) is 0.300. The molecule has 2 fully saturated rings. The highest BCUT2D eigenvalue weighted by Crippen LogP contribution is 2.37. The second-order valence-corrected chi connectivity index (χ2v) is 7.69. The first-order valence-electron chi connectivity index (χ1n) is 9.23. The van der Waals surface area contributed by atoms with Gasteiger partial charge in [-0.3, -0.25) is 9.36 Å². The van der Waals surface area contributed by atoms with Crippen LogP contribution in [0.3, 0.4) is 0 Å². The number of hydrogen-bond acceptors (Lipinski definition) is 6. The summed E-state index contributed by atoms with van der Waals surface area (Å²) in [5.41, 5.74) is 2.34. The molecular formula is C20H19ClN6O. The van der Waals surface area contributed by atoms with Gasteiger partial charge in [-0.2, -0.15) is 0 Å². The van der Waals surface area contributed by atoms with Crippen molar-refractivity contribution in [1.82, 2.24) is 19.5 Å². The van der Waals surface area contributed by atoms with E-state index in [0.717, 1.165) is 24.5 Å². The van der Waals surface area contributed by atoms with Crippen molar-refractivity contribution in [3.05, 3.63) is 64.3 Å². The predicted molar refractivity (Wildman–Crippen MR) is 109 cm³/mol. The van der Waals surface area contributed by atoms with Crippen molar-refractivity contribution >= 4 is 23.2 Å². The third-order valence-electron chi connectivity index (χ3n) is 5.61. The summed E-state index contributed by atoms with van der Waals surface area (Å²) in [6, 6.07) is 12.0. The molecule has 4 heterocycles. The number of hydrogen-bond donors (Lipinski definition) is 0. The number of rotatable bonds is 3. The Kier molecular flexibility index (Phi) is 4.05. The minimum Gasteiger partial charge on any atom is -0.365 e. The Morgan fingerprint density at radius 1 is 1.04 bits per heavy atom. The lowest BCUT2D eigenvalue weighted by Gasteiger charge is -2.36. The molecule has 2 saturated heterocycles. The van der Waals surface area contributed by atoms with E-state index in [1.54, 1.807) is 23.9 Å². The Bertz CT molecular complexity index is 1070. The Labute approximate surface area is 167 Å². The molecule has 28 heavy (non-hydrogen) atoms. The molecule has 3 aromatic rings. The first kappa shape index (κ1) is 17.2. The first-order chi connectivity index (χ1) is 13.6. The lowest BCUT2D eigenvalue weighted by Crippen LogP contribution is -2.48. The summed E-state index contributed by atoms with van der Waals surface area (Å²) in [6.45, 7) is 1.74. The van der Waals surface area contributed by atoms with E-state index in [1.807, 2.05) is 12.1 Å². The van der Waals surface area contributed by atoms with Crippen molar-refractivity contribution in [2.75, 3.05) is 22.9 Å². The van der Waals surface area contributed by atoms with E-state index in [9.17, 15) is 4.79 Å². The van der Waals surface area contributed by atoms with E-state index in [0.29, 0.717) is 29.4 Å². The van der Waals surface area contributed by atoms with Gasteiger partial charge in [-0.15, -0.1) is 0 Å². The summed E-state index contributed by atoms with van der Waals surface area (Å²) in [5, 5.41) is 0.746. The molecule has 0 radical (unpaired) electrons. The standard InChI is InChI=1S/C20H19ClN6O/c1-25-19(28)9-18(17-6-7-22-12-23-17)24-20(25)27-11-15-8-16(27)10-26(15)14-4-2-13(21)3-5-14/h2-7,9,12,15-16H,8,10-11H2,1H3. The van der Waals surface area contributed by atoms with Gasteiger partial charge >= 0.3 is 0 Å². The van der Waals surface area contributed by atoms with E-state index in [1.165, 1.54) is 18.1 Å². The van der Waals surface area contributed by atoms with E-state index >= 15 is 0 Å². The SMILES string of the molecule is Cn1c(N2CC3CC2CN3c2ccc(Cl)cc2)nc(-c2ccncn2)cc1=O. The number of anilines is 2. The average Bonchev–Trinajstić information content (AvgIpc) is 3.32. The van der Waals surface area contributed by atoms with Gasteiger partial charge in [0.25, 0.3) is 5.56 Å². The van der Waals surface area contributed by atoms with Crippen LogP contribution in [0.15, 0.2) is 53.7 Å². The largest absolute Gasteiger partial charge is 0.365 e. The molecule has 2 aromatic heterocycles. The maximum Gasteiger partial charge on any atom is 0.255 e. The second kappa shape index (κ2) is 6.60. The molecule has 8 heteroatoms. The smallest absolute Gasteiger partial charge is 0.255 e. The van der Waals surface area contributed by atoms with Crippen molar-refractivity contribution in [3.63, 3.8) is 0 Å². The molecule has 2 aliphatic heterocycles. The van der Waals surface area contributed by atoms with E-state index in [2.05, 4.69) is 31.9 Å². The topological polar surface area (TPSA) is 67.2 Å². The summed E-state index contributed by atoms with van der Waals surface area (Å²) >= 11 is 6.02. The molecule has 0 N–H and O–H groups in total. The van der Waals surface area contributed by atoms with Crippen LogP contribution in [0.1, 0.15) is 6.42 Å². The highest BCUT2D eigenvalue weighted by Gasteiger charge is 2.44. The van der Waals surface area contributed by atoms with Gasteiger partial charge in [0.2, 0.25) is 5.95 Å². The summed E-state index contributed by atoms with van der Waals surface area (Å²) in [5.74, 6) is 0.698. The summed E-state index contributed by atoms with van der Waals surface area (Å²) in [4.78, 5) is 30.2. The minimum atomic E-state index is -0.0871. The number of piperazine rings is 1. The lowest BCUT2D eigenvalue weighted by molar-refractivity contribution is 0.614. The molecule has 2 unspecified atom stereocenters. The Morgan fingerprint density at radius 2 is 1.79 bits per heavy atom. The molecule has 1 aromatic carbocycles. The van der Waals surface area contributed by atoms with Crippen LogP contribution >= 0.6 is 11.6 Å². The van der Waals surface area contributed by atoms with Crippen LogP contribution < -0.4 is 15.4 Å². The van der Waals surface area contributed by atoms with Gasteiger partial charge in [-0.1, -0.05) is 11.6 Å². The second-order valence-electron chi connectivity index (χ2n) is 7.26. The monoisotopic (exact) mass is 394 g/mol. The fourth-order valence-corrected chi connectivity index (χ4v) is 4.34. The Hall–Kier alpha value is -2.93. The molecule has 0 aliphatic carbocycles. The van der Waals surface area contributed by atoms with Crippen LogP contribution in [0.4, 0.5) is 11.6 Å². The molecule has 2 atom stereocenters. The van der Waals surface area contributed by atoms with Gasteiger partial charge in [-0.05, 0) is 36.8 Å². The number of aromatic nitrogens is 4. The maximum absolute atomic E-state index is 12.5. The quantitative estimate of drug-likeness (QED) is 0.679. The molecule has 0 amide bonds. The molecule has 5 rings (SSSR count). The summed E-state index contributed by atoms with van der Waals surface area (Å²) < 4.78 is 1.62. The molecule has 0 saturated carbocycles. The lowest BCUT2D eigenvalue weighted by atomic mass is 10.2. The first-order valence-corrected chi connectivity index (χ1v) is 9.61. The van der Waals surface area contributed by atoms with Gasteiger partial charge in [-0.25, -0.2) is 15.0 Å². The molecule has 2 aliphatic rings. The molecular weight excluding hydrogens is 376 g/mol. The van der Waals surface area contributed by atoms with Crippen LogP contribution in [0.2, 0.25) is 5.02 Å². The van der Waals surface area contributed by atoms with Gasteiger partial charge in [0.1, 0.15) is 6.33 Å². The highest BCUT2D eigenvalue weighted by atomic mass is 35.5. The third kappa shape index (κ3) is 2.82. The number of nitrogens with zero attached hydrogens (tertiary/aromatic N) is 6. The average molecular weight is 395 g/mol. The van der Waals surface area contributed by atoms with Gasteiger partial charge < -0.3 is 9.80 Å². The normalized spacial score (nSPS) is 20.8. The highest BCUT2D eigenvalue weighted by molar-refractivity contribution is 6.30. The van der Waals surface area contributed by atoms with Crippen molar-refractivity contribution in [2.24, 2.45) is 7.05 Å². The van der Waals surface area contributed by atoms with Crippen LogP contribution in [-0.2, 0) is 7.05 Å². The molecule has 142 valence electrons. The molecule has 0 spiro atoms. The Balaban J connectivity index is 1.45. The van der Waals surface area contributed by atoms with Crippen LogP contribution in [-0.4, -0.2) is 44.7 Å². The zero-order valence-electron chi connectivity index (χ0n) is 15.4. The van der Waals surface area contributed by atoms with E-state index in [-0.39, 0.29) is 5.56 Å². The van der Waals surface area contributed by atoms with Crippen LogP contribution in [0.5, 0.6) is 0 Å². The van der Waals surface area contributed by atoms with Gasteiger partial charge in [0.15, 0.2) is 0 Å². The van der Waals surface area contributed by atoms with Gasteiger partial charge in [0, 0.05) is 49.2 Å². The maximum atomic E-state index is 12.5. The Morgan fingerprint density at radius 3 is 2.46 bits per heavy atom. The zero-order valence-corrected chi connectivity index (χ0v) is 16.1. The van der Waals surface area contributed by atoms with Crippen molar-refractivity contribution < 1.29 is 0 Å². The summed E-state index contributed by atoms with van der Waals surface area (Å²) in [6.07, 6.45) is 4.18. The van der Waals surface area contributed by atoms with E-state index < -0.39 is 0 Å². The predicted octanol–water partition coefficient (Wildman–Crippen LogP) is 2.36.